The quantitative estimate of drug-likeness (QED) is 0.593. The number of amides is 1. The number of carbonyl (C=O) groups is 1. The van der Waals surface area contributed by atoms with Crippen molar-refractivity contribution in [3.63, 3.8) is 0 Å². The van der Waals surface area contributed by atoms with E-state index in [2.05, 4.69) is 15.2 Å². The average Bonchev–Trinajstić information content (AvgIpc) is 3.40. The number of carbonyl (C=O) groups excluding carboxylic acids is 1. The number of hydrogen-bond donors (Lipinski definition) is 0. The van der Waals surface area contributed by atoms with Crippen molar-refractivity contribution in [2.75, 3.05) is 13.2 Å². The SMILES string of the molecule is O=C1c2cc(-c3nnc(C(F)F)o3)cnc2CN1C1COCC[C@H]1Oc1cccc(F)c1. The van der Waals surface area contributed by atoms with Crippen LogP contribution >= 0.6 is 0 Å². The van der Waals surface area contributed by atoms with Crippen molar-refractivity contribution in [3.05, 3.63) is 59.5 Å². The fraction of sp³-hybridized carbons (Fsp3) is 0.333. The number of aromatic nitrogens is 3. The lowest BCUT2D eigenvalue weighted by atomic mass is 10.0. The molecule has 2 aliphatic rings. The molecule has 0 spiro atoms. The van der Waals surface area contributed by atoms with Crippen LogP contribution < -0.4 is 4.74 Å². The zero-order valence-corrected chi connectivity index (χ0v) is 16.6. The van der Waals surface area contributed by atoms with Crippen LogP contribution in [-0.4, -0.2) is 51.3 Å². The fourth-order valence-corrected chi connectivity index (χ4v) is 3.86. The Morgan fingerprint density at radius 3 is 2.88 bits per heavy atom. The molecule has 4 heterocycles. The van der Waals surface area contributed by atoms with Gasteiger partial charge in [-0.25, -0.2) is 4.39 Å². The second kappa shape index (κ2) is 8.23. The Morgan fingerprint density at radius 1 is 1.22 bits per heavy atom. The van der Waals surface area contributed by atoms with Crippen LogP contribution in [0.15, 0.2) is 40.9 Å². The second-order valence-corrected chi connectivity index (χ2v) is 7.44. The molecule has 11 heteroatoms. The molecule has 2 aliphatic heterocycles. The third-order valence-electron chi connectivity index (χ3n) is 5.40. The van der Waals surface area contributed by atoms with E-state index in [0.717, 1.165) is 0 Å². The molecule has 2 aromatic heterocycles. The Hall–Kier alpha value is -3.47. The highest BCUT2D eigenvalue weighted by Gasteiger charge is 2.40. The van der Waals surface area contributed by atoms with Crippen molar-refractivity contribution < 1.29 is 31.9 Å². The van der Waals surface area contributed by atoms with Crippen molar-refractivity contribution in [2.24, 2.45) is 0 Å². The Morgan fingerprint density at radius 2 is 2.09 bits per heavy atom. The topological polar surface area (TPSA) is 90.6 Å². The first-order chi connectivity index (χ1) is 15.5. The summed E-state index contributed by atoms with van der Waals surface area (Å²) >= 11 is 0. The summed E-state index contributed by atoms with van der Waals surface area (Å²) in [4.78, 5) is 19.1. The molecule has 0 aliphatic carbocycles. The summed E-state index contributed by atoms with van der Waals surface area (Å²) in [6.45, 7) is 0.947. The monoisotopic (exact) mass is 446 g/mol. The summed E-state index contributed by atoms with van der Waals surface area (Å²) in [5, 5.41) is 6.90. The summed E-state index contributed by atoms with van der Waals surface area (Å²) in [5.74, 6) is -1.28. The van der Waals surface area contributed by atoms with Crippen LogP contribution in [0.3, 0.4) is 0 Å². The fourth-order valence-electron chi connectivity index (χ4n) is 3.86. The van der Waals surface area contributed by atoms with E-state index in [1.54, 1.807) is 17.0 Å². The molecule has 3 aromatic rings. The lowest BCUT2D eigenvalue weighted by molar-refractivity contribution is -0.0431. The third kappa shape index (κ3) is 3.79. The van der Waals surface area contributed by atoms with Gasteiger partial charge in [0.15, 0.2) is 0 Å². The molecule has 1 aromatic carbocycles. The van der Waals surface area contributed by atoms with Gasteiger partial charge in [0.05, 0.1) is 42.6 Å². The average molecular weight is 446 g/mol. The predicted molar refractivity (Wildman–Crippen MR) is 102 cm³/mol. The highest BCUT2D eigenvalue weighted by molar-refractivity contribution is 5.99. The summed E-state index contributed by atoms with van der Waals surface area (Å²) in [7, 11) is 0. The predicted octanol–water partition coefficient (Wildman–Crippen LogP) is 3.40. The maximum atomic E-state index is 13.5. The molecule has 1 amide bonds. The number of alkyl halides is 2. The van der Waals surface area contributed by atoms with Crippen LogP contribution in [0, 0.1) is 5.82 Å². The number of benzene rings is 1. The van der Waals surface area contributed by atoms with Gasteiger partial charge in [0, 0.05) is 18.7 Å². The maximum Gasteiger partial charge on any atom is 0.314 e. The van der Waals surface area contributed by atoms with E-state index in [4.69, 9.17) is 13.9 Å². The standard InChI is InChI=1S/C21H17F3N4O4/c22-12-2-1-3-13(7-12)31-17-4-5-30-10-16(17)28-9-15-14(21(28)29)6-11(8-25-15)19-26-27-20(32-19)18(23)24/h1-3,6-8,16-18H,4-5,9-10H2/t16?,17-/m1/s1. The van der Waals surface area contributed by atoms with Gasteiger partial charge in [0.1, 0.15) is 17.7 Å². The van der Waals surface area contributed by atoms with E-state index >= 15 is 0 Å². The number of fused-ring (bicyclic) bond motifs is 1. The summed E-state index contributed by atoms with van der Waals surface area (Å²) in [6.07, 6.45) is -1.36. The minimum atomic E-state index is -2.89. The number of rotatable bonds is 5. The van der Waals surface area contributed by atoms with Crippen LogP contribution in [0.25, 0.3) is 11.5 Å². The first-order valence-corrected chi connectivity index (χ1v) is 9.91. The smallest absolute Gasteiger partial charge is 0.314 e. The zero-order valence-electron chi connectivity index (χ0n) is 16.6. The number of hydrogen-bond acceptors (Lipinski definition) is 7. The van der Waals surface area contributed by atoms with Crippen molar-refractivity contribution in [1.29, 1.82) is 0 Å². The van der Waals surface area contributed by atoms with E-state index < -0.39 is 30.3 Å². The molecule has 0 N–H and O–H groups in total. The van der Waals surface area contributed by atoms with Crippen molar-refractivity contribution in [1.82, 2.24) is 20.1 Å². The van der Waals surface area contributed by atoms with Gasteiger partial charge in [0.25, 0.3) is 11.8 Å². The highest BCUT2D eigenvalue weighted by Crippen LogP contribution is 2.31. The molecule has 8 nitrogen and oxygen atoms in total. The van der Waals surface area contributed by atoms with E-state index in [1.165, 1.54) is 24.4 Å². The van der Waals surface area contributed by atoms with Crippen molar-refractivity contribution in [3.8, 4) is 17.2 Å². The first kappa shape index (κ1) is 20.4. The second-order valence-electron chi connectivity index (χ2n) is 7.44. The molecule has 1 fully saturated rings. The molecule has 32 heavy (non-hydrogen) atoms. The van der Waals surface area contributed by atoms with Crippen LogP contribution in [0.1, 0.15) is 34.8 Å². The maximum absolute atomic E-state index is 13.5. The minimum Gasteiger partial charge on any atom is -0.488 e. The van der Waals surface area contributed by atoms with Gasteiger partial charge in [-0.3, -0.25) is 9.78 Å². The molecule has 0 saturated carbocycles. The zero-order chi connectivity index (χ0) is 22.2. The Bertz CT molecular complexity index is 1160. The number of ether oxygens (including phenoxy) is 2. The summed E-state index contributed by atoms with van der Waals surface area (Å²) in [6, 6.07) is 6.91. The molecule has 1 saturated heterocycles. The number of halogens is 3. The van der Waals surface area contributed by atoms with Gasteiger partial charge >= 0.3 is 6.43 Å². The molecule has 0 bridgehead atoms. The lowest BCUT2D eigenvalue weighted by Crippen LogP contribution is -2.52. The van der Waals surface area contributed by atoms with Gasteiger partial charge in [0.2, 0.25) is 5.89 Å². The summed E-state index contributed by atoms with van der Waals surface area (Å²) < 4.78 is 55.5. The number of nitrogens with zero attached hydrogens (tertiary/aromatic N) is 4. The largest absolute Gasteiger partial charge is 0.488 e. The number of pyridine rings is 1. The van der Waals surface area contributed by atoms with Crippen molar-refractivity contribution >= 4 is 5.91 Å². The van der Waals surface area contributed by atoms with Gasteiger partial charge < -0.3 is 18.8 Å². The Balaban J connectivity index is 1.38. The molecule has 166 valence electrons. The van der Waals surface area contributed by atoms with Gasteiger partial charge in [-0.1, -0.05) is 6.07 Å². The highest BCUT2D eigenvalue weighted by atomic mass is 19.3. The molecule has 2 atom stereocenters. The Kier molecular flexibility index (Phi) is 5.25. The third-order valence-corrected chi connectivity index (χ3v) is 5.40. The Labute approximate surface area is 180 Å². The van der Waals surface area contributed by atoms with Crippen LogP contribution in [0.2, 0.25) is 0 Å². The van der Waals surface area contributed by atoms with Gasteiger partial charge in [-0.05, 0) is 18.2 Å². The first-order valence-electron chi connectivity index (χ1n) is 9.91. The summed E-state index contributed by atoms with van der Waals surface area (Å²) in [5.41, 5.74) is 1.11. The lowest BCUT2D eigenvalue weighted by Gasteiger charge is -2.37. The van der Waals surface area contributed by atoms with Gasteiger partial charge in [-0.2, -0.15) is 8.78 Å². The molecule has 0 radical (unpaired) electrons. The van der Waals surface area contributed by atoms with E-state index in [1.807, 2.05) is 0 Å². The molecule has 5 rings (SSSR count). The molecule has 1 unspecified atom stereocenters. The van der Waals surface area contributed by atoms with Crippen LogP contribution in [0.5, 0.6) is 5.75 Å². The normalized spacial score (nSPS) is 20.6. The van der Waals surface area contributed by atoms with E-state index in [9.17, 15) is 18.0 Å². The minimum absolute atomic E-state index is 0.143. The van der Waals surface area contributed by atoms with Crippen LogP contribution in [-0.2, 0) is 11.3 Å². The van der Waals surface area contributed by atoms with E-state index in [0.29, 0.717) is 30.0 Å². The molecular weight excluding hydrogens is 429 g/mol. The van der Waals surface area contributed by atoms with Crippen molar-refractivity contribution in [2.45, 2.75) is 31.5 Å². The van der Waals surface area contributed by atoms with Crippen LogP contribution in [0.4, 0.5) is 13.2 Å². The van der Waals surface area contributed by atoms with E-state index in [-0.39, 0.29) is 30.5 Å². The van der Waals surface area contributed by atoms with Gasteiger partial charge in [-0.15, -0.1) is 10.2 Å². The molecular formula is C21H17F3N4O4.